The first-order valence-electron chi connectivity index (χ1n) is 5.04. The standard InChI is InChI=1S/C9H20NO4Si/c1-5-8(15(12-3)13-4)7-10-9(11)14-6-2/h8H,5-7H2,1-4H3,(H,10,11). The predicted octanol–water partition coefficient (Wildman–Crippen LogP) is 1.29. The van der Waals surface area contributed by atoms with Crippen LogP contribution in [0.2, 0.25) is 5.54 Å². The largest absolute Gasteiger partial charge is 0.450 e. The molecule has 6 heteroatoms. The minimum absolute atomic E-state index is 0.231. The second-order valence-corrected chi connectivity index (χ2v) is 5.20. The molecule has 0 rings (SSSR count). The van der Waals surface area contributed by atoms with E-state index in [0.29, 0.717) is 13.2 Å². The van der Waals surface area contributed by atoms with Gasteiger partial charge in [-0.2, -0.15) is 0 Å². The number of ether oxygens (including phenoxy) is 1. The average molecular weight is 234 g/mol. The molecule has 0 aliphatic carbocycles. The molecule has 0 bridgehead atoms. The number of carbonyl (C=O) groups is 1. The minimum Gasteiger partial charge on any atom is -0.450 e. The van der Waals surface area contributed by atoms with Gasteiger partial charge in [0.2, 0.25) is 0 Å². The zero-order chi connectivity index (χ0) is 11.7. The highest BCUT2D eigenvalue weighted by atomic mass is 28.3. The van der Waals surface area contributed by atoms with E-state index in [9.17, 15) is 4.79 Å². The Kier molecular flexibility index (Phi) is 8.35. The molecule has 0 saturated heterocycles. The Morgan fingerprint density at radius 3 is 2.33 bits per heavy atom. The van der Waals surface area contributed by atoms with Gasteiger partial charge in [0.25, 0.3) is 0 Å². The lowest BCUT2D eigenvalue weighted by atomic mass is 10.3. The van der Waals surface area contributed by atoms with Gasteiger partial charge in [0.1, 0.15) is 0 Å². The molecule has 1 atom stereocenters. The highest BCUT2D eigenvalue weighted by molar-refractivity contribution is 6.46. The Morgan fingerprint density at radius 1 is 1.33 bits per heavy atom. The molecule has 0 aromatic heterocycles. The second kappa shape index (κ2) is 8.69. The van der Waals surface area contributed by atoms with Crippen LogP contribution in [0, 0.1) is 0 Å². The Labute approximate surface area is 92.9 Å². The normalized spacial score (nSPS) is 12.6. The molecule has 0 heterocycles. The van der Waals surface area contributed by atoms with E-state index < -0.39 is 9.28 Å². The van der Waals surface area contributed by atoms with Crippen LogP contribution in [0.25, 0.3) is 0 Å². The lowest BCUT2D eigenvalue weighted by molar-refractivity contribution is 0.151. The van der Waals surface area contributed by atoms with Crippen molar-refractivity contribution in [3.8, 4) is 0 Å². The number of amides is 1. The third-order valence-corrected chi connectivity index (χ3v) is 4.08. The molecule has 0 spiro atoms. The van der Waals surface area contributed by atoms with Crippen LogP contribution in [0.3, 0.4) is 0 Å². The summed E-state index contributed by atoms with van der Waals surface area (Å²) in [6.45, 7) is 4.73. The molecule has 5 nitrogen and oxygen atoms in total. The van der Waals surface area contributed by atoms with Gasteiger partial charge in [0.15, 0.2) is 0 Å². The zero-order valence-corrected chi connectivity index (χ0v) is 10.8. The average Bonchev–Trinajstić information content (AvgIpc) is 2.24. The van der Waals surface area contributed by atoms with Crippen molar-refractivity contribution in [1.82, 2.24) is 5.32 Å². The van der Waals surface area contributed by atoms with Gasteiger partial charge >= 0.3 is 15.4 Å². The number of nitrogens with one attached hydrogen (secondary N) is 1. The number of carbonyl (C=O) groups excluding carboxylic acids is 1. The summed E-state index contributed by atoms with van der Waals surface area (Å²) in [5, 5.41) is 2.69. The maximum atomic E-state index is 11.1. The first-order chi connectivity index (χ1) is 7.19. The molecule has 15 heavy (non-hydrogen) atoms. The van der Waals surface area contributed by atoms with Crippen molar-refractivity contribution >= 4 is 15.4 Å². The number of alkyl carbamates (subject to hydrolysis) is 1. The summed E-state index contributed by atoms with van der Waals surface area (Å²) in [6, 6.07) is 0. The molecule has 1 N–H and O–H groups in total. The van der Waals surface area contributed by atoms with E-state index in [1.54, 1.807) is 21.1 Å². The molecule has 0 aliphatic heterocycles. The maximum absolute atomic E-state index is 11.1. The molecule has 1 amide bonds. The van der Waals surface area contributed by atoms with Gasteiger partial charge in [0, 0.05) is 26.3 Å². The van der Waals surface area contributed by atoms with Crippen molar-refractivity contribution in [3.05, 3.63) is 0 Å². The van der Waals surface area contributed by atoms with E-state index in [0.717, 1.165) is 6.42 Å². The van der Waals surface area contributed by atoms with Crippen molar-refractivity contribution in [2.45, 2.75) is 25.8 Å². The SMILES string of the molecule is CCOC(=O)NCC(CC)[Si](OC)OC. The fourth-order valence-electron chi connectivity index (χ4n) is 1.20. The topological polar surface area (TPSA) is 56.8 Å². The van der Waals surface area contributed by atoms with Crippen LogP contribution in [0.1, 0.15) is 20.3 Å². The molecule has 1 unspecified atom stereocenters. The van der Waals surface area contributed by atoms with E-state index in [2.05, 4.69) is 5.32 Å². The van der Waals surface area contributed by atoms with E-state index in [1.165, 1.54) is 0 Å². The van der Waals surface area contributed by atoms with Crippen LogP contribution in [0.4, 0.5) is 4.79 Å². The van der Waals surface area contributed by atoms with E-state index in [1.807, 2.05) is 6.92 Å². The molecule has 0 saturated carbocycles. The molecule has 0 aromatic carbocycles. The highest BCUT2D eigenvalue weighted by Gasteiger charge is 2.25. The Morgan fingerprint density at radius 2 is 1.93 bits per heavy atom. The summed E-state index contributed by atoms with van der Waals surface area (Å²) in [4.78, 5) is 11.1. The maximum Gasteiger partial charge on any atom is 0.407 e. The molecule has 89 valence electrons. The first kappa shape index (κ1) is 14.4. The minimum atomic E-state index is -1.29. The van der Waals surface area contributed by atoms with Crippen molar-refractivity contribution in [3.63, 3.8) is 0 Å². The Hall–Kier alpha value is -0.593. The van der Waals surface area contributed by atoms with Gasteiger partial charge in [-0.3, -0.25) is 0 Å². The third-order valence-electron chi connectivity index (χ3n) is 2.00. The number of rotatable bonds is 7. The van der Waals surface area contributed by atoms with E-state index in [-0.39, 0.29) is 11.6 Å². The summed E-state index contributed by atoms with van der Waals surface area (Å²) in [6.07, 6.45) is 0.520. The van der Waals surface area contributed by atoms with Crippen LogP contribution >= 0.6 is 0 Å². The van der Waals surface area contributed by atoms with Crippen molar-refractivity contribution in [1.29, 1.82) is 0 Å². The number of hydrogen-bond acceptors (Lipinski definition) is 4. The molecular weight excluding hydrogens is 214 g/mol. The fraction of sp³-hybridized carbons (Fsp3) is 0.889. The highest BCUT2D eigenvalue weighted by Crippen LogP contribution is 2.14. The second-order valence-electron chi connectivity index (χ2n) is 2.93. The van der Waals surface area contributed by atoms with Crippen LogP contribution in [-0.2, 0) is 13.6 Å². The van der Waals surface area contributed by atoms with Crippen LogP contribution in [0.15, 0.2) is 0 Å². The van der Waals surface area contributed by atoms with Crippen LogP contribution < -0.4 is 5.32 Å². The van der Waals surface area contributed by atoms with Gasteiger partial charge in [-0.25, -0.2) is 4.79 Å². The smallest absolute Gasteiger partial charge is 0.407 e. The van der Waals surface area contributed by atoms with Crippen molar-refractivity contribution < 1.29 is 18.4 Å². The Balaban J connectivity index is 3.93. The van der Waals surface area contributed by atoms with Crippen molar-refractivity contribution in [2.75, 3.05) is 27.4 Å². The van der Waals surface area contributed by atoms with Crippen LogP contribution in [-0.4, -0.2) is 42.7 Å². The van der Waals surface area contributed by atoms with E-state index in [4.69, 9.17) is 13.6 Å². The van der Waals surface area contributed by atoms with Crippen molar-refractivity contribution in [2.24, 2.45) is 0 Å². The third kappa shape index (κ3) is 5.76. The van der Waals surface area contributed by atoms with E-state index >= 15 is 0 Å². The molecule has 0 aliphatic rings. The first-order valence-corrected chi connectivity index (χ1v) is 6.44. The number of hydrogen-bond donors (Lipinski definition) is 1. The lowest BCUT2D eigenvalue weighted by Gasteiger charge is -2.20. The van der Waals surface area contributed by atoms with Gasteiger partial charge in [-0.1, -0.05) is 6.92 Å². The molecule has 0 aromatic rings. The summed E-state index contributed by atoms with van der Waals surface area (Å²) in [7, 11) is 1.97. The summed E-state index contributed by atoms with van der Waals surface area (Å²) >= 11 is 0. The Bertz CT molecular complexity index is 175. The van der Waals surface area contributed by atoms with Gasteiger partial charge in [-0.15, -0.1) is 0 Å². The quantitative estimate of drug-likeness (QED) is 0.674. The molecular formula is C9H20NO4Si. The molecule has 1 radical (unpaired) electrons. The molecule has 0 fully saturated rings. The lowest BCUT2D eigenvalue weighted by Crippen LogP contribution is -2.36. The van der Waals surface area contributed by atoms with Crippen LogP contribution in [0.5, 0.6) is 0 Å². The summed E-state index contributed by atoms with van der Waals surface area (Å²) in [5.74, 6) is 0. The summed E-state index contributed by atoms with van der Waals surface area (Å²) in [5.41, 5.74) is 0.231. The monoisotopic (exact) mass is 234 g/mol. The predicted molar refractivity (Wildman–Crippen MR) is 58.8 cm³/mol. The van der Waals surface area contributed by atoms with Gasteiger partial charge in [0.05, 0.1) is 6.61 Å². The fourth-order valence-corrected chi connectivity index (χ4v) is 2.64. The van der Waals surface area contributed by atoms with Gasteiger partial charge in [-0.05, 0) is 13.3 Å². The summed E-state index contributed by atoms with van der Waals surface area (Å²) < 4.78 is 15.2. The van der Waals surface area contributed by atoms with Gasteiger partial charge < -0.3 is 18.9 Å². The zero-order valence-electron chi connectivity index (χ0n) is 9.83.